The van der Waals surface area contributed by atoms with E-state index < -0.39 is 7.80 Å². The van der Waals surface area contributed by atoms with Crippen LogP contribution < -0.4 is 15.3 Å². The molecular formula is C13H12O2P+. The van der Waals surface area contributed by atoms with Crippen molar-refractivity contribution in [1.82, 2.24) is 0 Å². The molecular weight excluding hydrogens is 219 g/mol. The molecule has 2 rings (SSSR count). The fraction of sp³-hybridized carbons (Fsp3) is 0.0769. The second-order valence-corrected chi connectivity index (χ2v) is 4.89. The fourth-order valence-electron chi connectivity index (χ4n) is 1.50. The number of ether oxygens (including phenoxy) is 1. The SMILES string of the molecule is COc1ccccc1[P+](=O)c1ccccc1. The highest BCUT2D eigenvalue weighted by Crippen LogP contribution is 2.24. The molecule has 0 aliphatic heterocycles. The van der Waals surface area contributed by atoms with Gasteiger partial charge in [0.25, 0.3) is 0 Å². The van der Waals surface area contributed by atoms with E-state index in [-0.39, 0.29) is 0 Å². The van der Waals surface area contributed by atoms with Crippen LogP contribution in [0.1, 0.15) is 0 Å². The van der Waals surface area contributed by atoms with Gasteiger partial charge >= 0.3 is 7.80 Å². The molecule has 3 heteroatoms. The summed E-state index contributed by atoms with van der Waals surface area (Å²) in [6.07, 6.45) is 0. The van der Waals surface area contributed by atoms with Gasteiger partial charge in [-0.1, -0.05) is 34.9 Å². The van der Waals surface area contributed by atoms with E-state index in [0.29, 0.717) is 5.75 Å². The standard InChI is InChI=1S/C13H12O2P/c1-15-12-9-5-6-10-13(12)16(14)11-7-3-2-4-8-11/h2-10H,1H3/q+1. The number of rotatable bonds is 3. The summed E-state index contributed by atoms with van der Waals surface area (Å²) < 4.78 is 17.5. The topological polar surface area (TPSA) is 26.3 Å². The maximum atomic E-state index is 12.3. The van der Waals surface area contributed by atoms with E-state index in [9.17, 15) is 4.57 Å². The Balaban J connectivity index is 2.42. The molecule has 0 saturated carbocycles. The Bertz CT molecular complexity index is 494. The second kappa shape index (κ2) is 4.91. The van der Waals surface area contributed by atoms with E-state index in [4.69, 9.17) is 4.74 Å². The van der Waals surface area contributed by atoms with Gasteiger partial charge in [0.05, 0.1) is 7.11 Å². The number of hydrogen-bond donors (Lipinski definition) is 0. The predicted molar refractivity (Wildman–Crippen MR) is 66.3 cm³/mol. The average Bonchev–Trinajstić information content (AvgIpc) is 2.39. The van der Waals surface area contributed by atoms with Crippen molar-refractivity contribution in [3.8, 4) is 5.75 Å². The van der Waals surface area contributed by atoms with E-state index in [1.807, 2.05) is 54.6 Å². The summed E-state index contributed by atoms with van der Waals surface area (Å²) in [5.41, 5.74) is 0. The van der Waals surface area contributed by atoms with E-state index >= 15 is 0 Å². The van der Waals surface area contributed by atoms with Crippen LogP contribution in [0.2, 0.25) is 0 Å². The summed E-state index contributed by atoms with van der Waals surface area (Å²) in [4.78, 5) is 0. The predicted octanol–water partition coefficient (Wildman–Crippen LogP) is 2.47. The van der Waals surface area contributed by atoms with Crippen LogP contribution in [0, 0.1) is 0 Å². The second-order valence-electron chi connectivity index (χ2n) is 3.30. The average molecular weight is 231 g/mol. The van der Waals surface area contributed by atoms with Crippen LogP contribution >= 0.6 is 7.80 Å². The molecule has 0 N–H and O–H groups in total. The minimum Gasteiger partial charge on any atom is -0.492 e. The Morgan fingerprint density at radius 3 is 2.25 bits per heavy atom. The first-order valence-corrected chi connectivity index (χ1v) is 6.24. The Hall–Kier alpha value is -1.66. The van der Waals surface area contributed by atoms with Crippen LogP contribution in [0.15, 0.2) is 54.6 Å². The van der Waals surface area contributed by atoms with Crippen LogP contribution in [0.5, 0.6) is 5.75 Å². The molecule has 0 amide bonds. The zero-order valence-electron chi connectivity index (χ0n) is 8.96. The fourth-order valence-corrected chi connectivity index (χ4v) is 2.81. The van der Waals surface area contributed by atoms with Crippen LogP contribution in [0.3, 0.4) is 0 Å². The van der Waals surface area contributed by atoms with E-state index in [1.54, 1.807) is 7.11 Å². The Labute approximate surface area is 95.7 Å². The molecule has 0 aliphatic rings. The molecule has 1 unspecified atom stereocenters. The molecule has 0 radical (unpaired) electrons. The van der Waals surface area contributed by atoms with Crippen molar-refractivity contribution in [1.29, 1.82) is 0 Å². The maximum absolute atomic E-state index is 12.3. The van der Waals surface area contributed by atoms with Gasteiger partial charge in [-0.2, -0.15) is 0 Å². The lowest BCUT2D eigenvalue weighted by molar-refractivity contribution is 0.418. The summed E-state index contributed by atoms with van der Waals surface area (Å²) in [6.45, 7) is 0. The molecule has 2 aromatic rings. The maximum Gasteiger partial charge on any atom is 0.419 e. The zero-order chi connectivity index (χ0) is 11.4. The van der Waals surface area contributed by atoms with Crippen LogP contribution in [0.4, 0.5) is 0 Å². The number of benzene rings is 2. The number of methoxy groups -OCH3 is 1. The van der Waals surface area contributed by atoms with E-state index in [0.717, 1.165) is 10.6 Å². The Kier molecular flexibility index (Phi) is 3.33. The van der Waals surface area contributed by atoms with Crippen molar-refractivity contribution in [2.45, 2.75) is 0 Å². The summed E-state index contributed by atoms with van der Waals surface area (Å²) in [7, 11) is 0.0179. The highest BCUT2D eigenvalue weighted by molar-refractivity contribution is 7.61. The molecule has 0 saturated heterocycles. The van der Waals surface area contributed by atoms with Gasteiger partial charge in [-0.05, 0) is 24.3 Å². The highest BCUT2D eigenvalue weighted by Gasteiger charge is 2.26. The van der Waals surface area contributed by atoms with Crippen LogP contribution in [-0.2, 0) is 4.57 Å². The van der Waals surface area contributed by atoms with Crippen LogP contribution in [-0.4, -0.2) is 7.11 Å². The third-order valence-electron chi connectivity index (χ3n) is 2.29. The smallest absolute Gasteiger partial charge is 0.419 e. The molecule has 0 spiro atoms. The minimum atomic E-state index is -1.57. The minimum absolute atomic E-state index is 0.674. The number of hydrogen-bond acceptors (Lipinski definition) is 2. The molecule has 0 heterocycles. The molecule has 0 aromatic heterocycles. The van der Waals surface area contributed by atoms with Gasteiger partial charge in [0.1, 0.15) is 0 Å². The Morgan fingerprint density at radius 2 is 1.56 bits per heavy atom. The summed E-state index contributed by atoms with van der Waals surface area (Å²) in [6, 6.07) is 16.8. The van der Waals surface area contributed by atoms with E-state index in [2.05, 4.69) is 0 Å². The molecule has 0 bridgehead atoms. The lowest BCUT2D eigenvalue weighted by Gasteiger charge is -1.98. The van der Waals surface area contributed by atoms with Crippen molar-refractivity contribution >= 4 is 18.4 Å². The Morgan fingerprint density at radius 1 is 0.938 bits per heavy atom. The lowest BCUT2D eigenvalue weighted by Crippen LogP contribution is -2.08. The van der Waals surface area contributed by atoms with Gasteiger partial charge in [-0.3, -0.25) is 0 Å². The molecule has 2 nitrogen and oxygen atoms in total. The first kappa shape index (κ1) is 10.8. The molecule has 16 heavy (non-hydrogen) atoms. The zero-order valence-corrected chi connectivity index (χ0v) is 9.85. The van der Waals surface area contributed by atoms with E-state index in [1.165, 1.54) is 0 Å². The van der Waals surface area contributed by atoms with Crippen molar-refractivity contribution < 1.29 is 9.30 Å². The van der Waals surface area contributed by atoms with Gasteiger partial charge in [-0.15, -0.1) is 0 Å². The van der Waals surface area contributed by atoms with Gasteiger partial charge in [0.2, 0.25) is 5.30 Å². The van der Waals surface area contributed by atoms with Crippen molar-refractivity contribution in [2.24, 2.45) is 0 Å². The normalized spacial score (nSPS) is 10.9. The summed E-state index contributed by atoms with van der Waals surface area (Å²) in [5, 5.41) is 1.56. The first-order chi connectivity index (χ1) is 7.83. The van der Waals surface area contributed by atoms with Crippen LogP contribution in [0.25, 0.3) is 0 Å². The molecule has 0 fully saturated rings. The first-order valence-electron chi connectivity index (χ1n) is 4.98. The van der Waals surface area contributed by atoms with Crippen molar-refractivity contribution in [2.75, 3.05) is 7.11 Å². The largest absolute Gasteiger partial charge is 0.492 e. The monoisotopic (exact) mass is 231 g/mol. The number of para-hydroxylation sites is 1. The van der Waals surface area contributed by atoms with Gasteiger partial charge < -0.3 is 4.74 Å². The third kappa shape index (κ3) is 2.12. The molecule has 80 valence electrons. The highest BCUT2D eigenvalue weighted by atomic mass is 31.1. The molecule has 2 aromatic carbocycles. The summed E-state index contributed by atoms with van der Waals surface area (Å²) >= 11 is 0. The molecule has 0 aliphatic carbocycles. The third-order valence-corrected chi connectivity index (χ3v) is 3.87. The lowest BCUT2D eigenvalue weighted by atomic mass is 10.3. The van der Waals surface area contributed by atoms with Gasteiger partial charge in [0, 0.05) is 0 Å². The van der Waals surface area contributed by atoms with Crippen molar-refractivity contribution in [3.63, 3.8) is 0 Å². The van der Waals surface area contributed by atoms with Gasteiger partial charge in [0.15, 0.2) is 11.1 Å². The molecule has 1 atom stereocenters. The quantitative estimate of drug-likeness (QED) is 0.758. The van der Waals surface area contributed by atoms with Gasteiger partial charge in [-0.25, -0.2) is 0 Å². The van der Waals surface area contributed by atoms with Crippen molar-refractivity contribution in [3.05, 3.63) is 54.6 Å². The summed E-state index contributed by atoms with van der Waals surface area (Å²) in [5.74, 6) is 0.674.